The van der Waals surface area contributed by atoms with Crippen LogP contribution in [0.4, 0.5) is 18.9 Å². The number of hydrogen-bond acceptors (Lipinski definition) is 5. The second-order valence-corrected chi connectivity index (χ2v) is 5.23. The van der Waals surface area contributed by atoms with Crippen molar-refractivity contribution in [2.45, 2.75) is 12.7 Å². The van der Waals surface area contributed by atoms with Crippen LogP contribution < -0.4 is 10.9 Å². The maximum atomic E-state index is 12.8. The summed E-state index contributed by atoms with van der Waals surface area (Å²) in [5, 5.41) is 9.79. The number of alkyl halides is 3. The van der Waals surface area contributed by atoms with Gasteiger partial charge in [0.15, 0.2) is 0 Å². The zero-order valence-corrected chi connectivity index (χ0v) is 13.0. The van der Waals surface area contributed by atoms with E-state index in [1.54, 1.807) is 24.3 Å². The van der Waals surface area contributed by atoms with E-state index >= 15 is 0 Å². The standard InChI is InChI=1S/C16H11F3N4O3/c17-16(18,19)12-5-2-6-23(15(12)25)8-13(24)21-11-4-1-3-10(7-11)14-22-20-9-26-14/h1-7,9H,8H2,(H,21,24). The zero-order valence-electron chi connectivity index (χ0n) is 13.0. The Balaban J connectivity index is 1.76. The first-order valence-electron chi connectivity index (χ1n) is 7.28. The fourth-order valence-electron chi connectivity index (χ4n) is 2.26. The van der Waals surface area contributed by atoms with Gasteiger partial charge in [0.25, 0.3) is 5.56 Å². The van der Waals surface area contributed by atoms with Crippen molar-refractivity contribution in [3.05, 3.63) is 64.9 Å². The summed E-state index contributed by atoms with van der Waals surface area (Å²) in [5.41, 5.74) is -1.69. The number of aromatic nitrogens is 3. The molecule has 2 heterocycles. The van der Waals surface area contributed by atoms with Gasteiger partial charge < -0.3 is 14.3 Å². The van der Waals surface area contributed by atoms with Crippen molar-refractivity contribution in [3.8, 4) is 11.5 Å². The highest BCUT2D eigenvalue weighted by molar-refractivity contribution is 5.91. The smallest absolute Gasteiger partial charge is 0.421 e. The van der Waals surface area contributed by atoms with Gasteiger partial charge in [-0.3, -0.25) is 9.59 Å². The van der Waals surface area contributed by atoms with Crippen LogP contribution in [0.25, 0.3) is 11.5 Å². The van der Waals surface area contributed by atoms with Gasteiger partial charge in [0, 0.05) is 17.4 Å². The lowest BCUT2D eigenvalue weighted by Gasteiger charge is -2.11. The molecule has 1 aromatic carbocycles. The molecule has 1 amide bonds. The molecule has 0 saturated carbocycles. The Labute approximate surface area is 144 Å². The molecule has 0 unspecified atom stereocenters. The van der Waals surface area contributed by atoms with Gasteiger partial charge in [0.1, 0.15) is 12.1 Å². The molecule has 0 bridgehead atoms. The lowest BCUT2D eigenvalue weighted by Crippen LogP contribution is -2.31. The molecule has 0 aliphatic heterocycles. The number of pyridine rings is 1. The Morgan fingerprint density at radius 1 is 1.23 bits per heavy atom. The minimum atomic E-state index is -4.78. The predicted molar refractivity (Wildman–Crippen MR) is 84.1 cm³/mol. The summed E-state index contributed by atoms with van der Waals surface area (Å²) in [4.78, 5) is 23.9. The van der Waals surface area contributed by atoms with E-state index < -0.39 is 29.8 Å². The molecule has 0 aliphatic carbocycles. The molecule has 134 valence electrons. The van der Waals surface area contributed by atoms with Gasteiger partial charge in [-0.2, -0.15) is 13.2 Å². The van der Waals surface area contributed by atoms with Crippen LogP contribution in [0.3, 0.4) is 0 Å². The fourth-order valence-corrected chi connectivity index (χ4v) is 2.26. The van der Waals surface area contributed by atoms with E-state index in [2.05, 4.69) is 15.5 Å². The van der Waals surface area contributed by atoms with E-state index in [1.165, 1.54) is 0 Å². The minimum absolute atomic E-state index is 0.246. The lowest BCUT2D eigenvalue weighted by atomic mass is 10.2. The number of nitrogens with one attached hydrogen (secondary N) is 1. The summed E-state index contributed by atoms with van der Waals surface area (Å²) in [6, 6.07) is 8.18. The van der Waals surface area contributed by atoms with Gasteiger partial charge in [-0.05, 0) is 30.3 Å². The van der Waals surface area contributed by atoms with Gasteiger partial charge in [0.2, 0.25) is 18.2 Å². The molecule has 0 spiro atoms. The molecule has 0 atom stereocenters. The molecule has 1 N–H and O–H groups in total. The second kappa shape index (κ2) is 6.82. The highest BCUT2D eigenvalue weighted by atomic mass is 19.4. The molecule has 10 heteroatoms. The Morgan fingerprint density at radius 3 is 2.73 bits per heavy atom. The Kier molecular flexibility index (Phi) is 4.57. The lowest BCUT2D eigenvalue weighted by molar-refractivity contribution is -0.139. The van der Waals surface area contributed by atoms with Crippen molar-refractivity contribution in [2.24, 2.45) is 0 Å². The summed E-state index contributed by atoms with van der Waals surface area (Å²) in [6.45, 7) is -0.562. The summed E-state index contributed by atoms with van der Waals surface area (Å²) < 4.78 is 44.0. The number of amides is 1. The molecule has 0 radical (unpaired) electrons. The first-order chi connectivity index (χ1) is 12.3. The molecule has 26 heavy (non-hydrogen) atoms. The third kappa shape index (κ3) is 3.79. The van der Waals surface area contributed by atoms with E-state index in [4.69, 9.17) is 4.42 Å². The number of benzene rings is 1. The van der Waals surface area contributed by atoms with Crippen molar-refractivity contribution >= 4 is 11.6 Å². The number of halogens is 3. The van der Waals surface area contributed by atoms with Crippen molar-refractivity contribution in [2.75, 3.05) is 5.32 Å². The molecule has 0 aliphatic rings. The van der Waals surface area contributed by atoms with E-state index in [-0.39, 0.29) is 5.89 Å². The number of rotatable bonds is 4. The summed E-state index contributed by atoms with van der Waals surface area (Å²) >= 11 is 0. The molecule has 3 rings (SSSR count). The molecular formula is C16H11F3N4O3. The largest absolute Gasteiger partial charge is 0.423 e. The number of carbonyl (C=O) groups excluding carboxylic acids is 1. The van der Waals surface area contributed by atoms with Gasteiger partial charge >= 0.3 is 6.18 Å². The summed E-state index contributed by atoms with van der Waals surface area (Å²) in [5.74, 6) is -0.413. The maximum Gasteiger partial charge on any atom is 0.421 e. The van der Waals surface area contributed by atoms with E-state index in [0.29, 0.717) is 21.9 Å². The summed E-state index contributed by atoms with van der Waals surface area (Å²) in [6.07, 6.45) is -2.51. The van der Waals surface area contributed by atoms with Crippen molar-refractivity contribution in [1.29, 1.82) is 0 Å². The van der Waals surface area contributed by atoms with Gasteiger partial charge in [-0.15, -0.1) is 10.2 Å². The first-order valence-corrected chi connectivity index (χ1v) is 7.28. The third-order valence-electron chi connectivity index (χ3n) is 3.39. The normalized spacial score (nSPS) is 11.3. The van der Waals surface area contributed by atoms with Crippen LogP contribution in [0.1, 0.15) is 5.56 Å². The van der Waals surface area contributed by atoms with E-state index in [9.17, 15) is 22.8 Å². The predicted octanol–water partition coefficient (Wildman–Crippen LogP) is 2.56. The Bertz CT molecular complexity index is 981. The van der Waals surface area contributed by atoms with Gasteiger partial charge in [-0.25, -0.2) is 0 Å². The number of anilines is 1. The van der Waals surface area contributed by atoms with Crippen LogP contribution in [-0.2, 0) is 17.5 Å². The average Bonchev–Trinajstić information content (AvgIpc) is 3.10. The fraction of sp³-hybridized carbons (Fsp3) is 0.125. The van der Waals surface area contributed by atoms with Gasteiger partial charge in [-0.1, -0.05) is 6.07 Å². The first kappa shape index (κ1) is 17.4. The van der Waals surface area contributed by atoms with Crippen LogP contribution in [0.2, 0.25) is 0 Å². The number of hydrogen-bond donors (Lipinski definition) is 1. The van der Waals surface area contributed by atoms with Crippen LogP contribution in [0.15, 0.2) is 58.2 Å². The van der Waals surface area contributed by atoms with Crippen LogP contribution >= 0.6 is 0 Å². The Morgan fingerprint density at radius 2 is 2.04 bits per heavy atom. The van der Waals surface area contributed by atoms with Crippen LogP contribution in [0, 0.1) is 0 Å². The molecule has 0 fully saturated rings. The molecule has 7 nitrogen and oxygen atoms in total. The third-order valence-corrected chi connectivity index (χ3v) is 3.39. The van der Waals surface area contributed by atoms with E-state index in [1.807, 2.05) is 0 Å². The van der Waals surface area contributed by atoms with Crippen molar-refractivity contribution in [3.63, 3.8) is 0 Å². The van der Waals surface area contributed by atoms with Crippen LogP contribution in [-0.4, -0.2) is 20.7 Å². The summed E-state index contributed by atoms with van der Waals surface area (Å²) in [7, 11) is 0. The molecule has 2 aromatic heterocycles. The van der Waals surface area contributed by atoms with Crippen molar-refractivity contribution < 1.29 is 22.4 Å². The Hall–Kier alpha value is -3.43. The minimum Gasteiger partial charge on any atom is -0.423 e. The van der Waals surface area contributed by atoms with E-state index in [0.717, 1.165) is 18.7 Å². The molecule has 3 aromatic rings. The monoisotopic (exact) mass is 364 g/mol. The average molecular weight is 364 g/mol. The SMILES string of the molecule is O=C(Cn1cccc(C(F)(F)F)c1=O)Nc1cccc(-c2nnco2)c1. The topological polar surface area (TPSA) is 90.0 Å². The van der Waals surface area contributed by atoms with Crippen molar-refractivity contribution in [1.82, 2.24) is 14.8 Å². The van der Waals surface area contributed by atoms with Gasteiger partial charge in [0.05, 0.1) is 0 Å². The second-order valence-electron chi connectivity index (χ2n) is 5.23. The quantitative estimate of drug-likeness (QED) is 0.768. The highest BCUT2D eigenvalue weighted by Crippen LogP contribution is 2.26. The number of nitrogens with zero attached hydrogens (tertiary/aromatic N) is 3. The highest BCUT2D eigenvalue weighted by Gasteiger charge is 2.34. The maximum absolute atomic E-state index is 12.8. The zero-order chi connectivity index (χ0) is 18.7. The molecular weight excluding hydrogens is 353 g/mol. The number of carbonyl (C=O) groups is 1. The van der Waals surface area contributed by atoms with Crippen LogP contribution in [0.5, 0.6) is 0 Å². The molecule has 0 saturated heterocycles.